The van der Waals surface area contributed by atoms with Crippen molar-refractivity contribution in [3.05, 3.63) is 15.6 Å². The largest absolute Gasteiger partial charge is 0.326 e. The molecule has 1 aromatic rings. The molecule has 3 heteroatoms. The first kappa shape index (κ1) is 13.7. The minimum atomic E-state index is 0.107. The van der Waals surface area contributed by atoms with Crippen molar-refractivity contribution < 1.29 is 0 Å². The minimum absolute atomic E-state index is 0.107. The van der Waals surface area contributed by atoms with Gasteiger partial charge in [-0.05, 0) is 12.8 Å². The van der Waals surface area contributed by atoms with Gasteiger partial charge < -0.3 is 5.73 Å². The van der Waals surface area contributed by atoms with Crippen LogP contribution in [0, 0.1) is 0 Å². The molecular formula is C13H24N2S. The molecule has 0 spiro atoms. The first-order valence-corrected chi connectivity index (χ1v) is 6.95. The van der Waals surface area contributed by atoms with Crippen LogP contribution in [0.5, 0.6) is 0 Å². The van der Waals surface area contributed by atoms with Gasteiger partial charge in [0.25, 0.3) is 0 Å². The van der Waals surface area contributed by atoms with Gasteiger partial charge in [-0.2, -0.15) is 0 Å². The summed E-state index contributed by atoms with van der Waals surface area (Å²) in [7, 11) is 0. The maximum absolute atomic E-state index is 5.81. The number of nitrogens with zero attached hydrogens (tertiary/aromatic N) is 1. The summed E-state index contributed by atoms with van der Waals surface area (Å²) in [5.74, 6) is 0.603. The van der Waals surface area contributed by atoms with Gasteiger partial charge in [-0.3, -0.25) is 0 Å². The first-order chi connectivity index (χ1) is 7.43. The monoisotopic (exact) mass is 240 g/mol. The van der Waals surface area contributed by atoms with Crippen LogP contribution >= 0.6 is 11.3 Å². The molecule has 0 unspecified atom stereocenters. The zero-order valence-electron chi connectivity index (χ0n) is 11.1. The second kappa shape index (κ2) is 5.28. The number of rotatable bonds is 4. The maximum Gasteiger partial charge on any atom is 0.0962 e. The molecule has 1 aromatic heterocycles. The molecular weight excluding hydrogens is 216 g/mol. The molecule has 16 heavy (non-hydrogen) atoms. The van der Waals surface area contributed by atoms with Gasteiger partial charge in [0.1, 0.15) is 0 Å². The van der Waals surface area contributed by atoms with E-state index >= 15 is 0 Å². The second-order valence-corrected chi connectivity index (χ2v) is 6.41. The van der Waals surface area contributed by atoms with E-state index in [-0.39, 0.29) is 5.41 Å². The Bertz CT molecular complexity index is 332. The molecule has 0 saturated carbocycles. The average Bonchev–Trinajstić information content (AvgIpc) is 2.63. The molecule has 0 saturated heterocycles. The predicted molar refractivity (Wildman–Crippen MR) is 72.0 cm³/mol. The third-order valence-corrected chi connectivity index (χ3v) is 4.18. The van der Waals surface area contributed by atoms with Crippen LogP contribution in [-0.2, 0) is 12.0 Å². The lowest BCUT2D eigenvalue weighted by atomic mass is 9.91. The molecule has 0 aliphatic carbocycles. The van der Waals surface area contributed by atoms with Crippen LogP contribution in [0.2, 0.25) is 0 Å². The highest BCUT2D eigenvalue weighted by Crippen LogP contribution is 2.34. The highest BCUT2D eigenvalue weighted by atomic mass is 32.1. The third kappa shape index (κ3) is 2.83. The molecule has 1 rings (SSSR count). The zero-order chi connectivity index (χ0) is 12.3. The fraction of sp³-hybridized carbons (Fsp3) is 0.769. The summed E-state index contributed by atoms with van der Waals surface area (Å²) in [6.07, 6.45) is 2.33. The van der Waals surface area contributed by atoms with E-state index < -0.39 is 0 Å². The number of nitrogens with two attached hydrogens (primary N) is 1. The smallest absolute Gasteiger partial charge is 0.0962 e. The number of thiazole rings is 1. The Balaban J connectivity index is 3.12. The van der Waals surface area contributed by atoms with Crippen molar-refractivity contribution in [2.75, 3.05) is 0 Å². The van der Waals surface area contributed by atoms with Gasteiger partial charge in [0, 0.05) is 22.8 Å². The zero-order valence-corrected chi connectivity index (χ0v) is 11.9. The normalized spacial score (nSPS) is 12.4. The summed E-state index contributed by atoms with van der Waals surface area (Å²) in [4.78, 5) is 6.09. The van der Waals surface area contributed by atoms with Crippen LogP contribution in [0.25, 0.3) is 0 Å². The van der Waals surface area contributed by atoms with E-state index in [0.717, 1.165) is 12.8 Å². The minimum Gasteiger partial charge on any atom is -0.326 e. The molecule has 0 radical (unpaired) electrons. The van der Waals surface area contributed by atoms with Crippen LogP contribution in [0.4, 0.5) is 0 Å². The third-order valence-electron chi connectivity index (χ3n) is 2.94. The van der Waals surface area contributed by atoms with Crippen molar-refractivity contribution in [3.63, 3.8) is 0 Å². The summed E-state index contributed by atoms with van der Waals surface area (Å²) < 4.78 is 0. The number of aromatic nitrogens is 1. The van der Waals surface area contributed by atoms with Gasteiger partial charge >= 0.3 is 0 Å². The molecule has 0 atom stereocenters. The topological polar surface area (TPSA) is 38.9 Å². The van der Waals surface area contributed by atoms with Crippen LogP contribution in [0.3, 0.4) is 0 Å². The lowest BCUT2D eigenvalue weighted by Gasteiger charge is -2.17. The molecule has 0 aliphatic rings. The SMILES string of the molecule is CCC(CC)c1nc(C(C)(C)C)c(CN)s1. The van der Waals surface area contributed by atoms with Gasteiger partial charge in [-0.15, -0.1) is 11.3 Å². The molecule has 92 valence electrons. The van der Waals surface area contributed by atoms with Crippen LogP contribution in [0.15, 0.2) is 0 Å². The Morgan fingerprint density at radius 1 is 1.25 bits per heavy atom. The fourth-order valence-corrected chi connectivity index (χ4v) is 3.33. The molecule has 0 aliphatic heterocycles. The molecule has 1 heterocycles. The Morgan fingerprint density at radius 2 is 1.81 bits per heavy atom. The summed E-state index contributed by atoms with van der Waals surface area (Å²) in [5.41, 5.74) is 7.12. The van der Waals surface area contributed by atoms with Crippen molar-refractivity contribution >= 4 is 11.3 Å². The quantitative estimate of drug-likeness (QED) is 0.869. The second-order valence-electron chi connectivity index (χ2n) is 5.29. The Hall–Kier alpha value is -0.410. The number of hydrogen-bond donors (Lipinski definition) is 1. The molecule has 0 aromatic carbocycles. The summed E-state index contributed by atoms with van der Waals surface area (Å²) >= 11 is 1.81. The van der Waals surface area contributed by atoms with Gasteiger partial charge in [0.15, 0.2) is 0 Å². The lowest BCUT2D eigenvalue weighted by molar-refractivity contribution is 0.556. The van der Waals surface area contributed by atoms with Crippen molar-refractivity contribution in [3.8, 4) is 0 Å². The summed E-state index contributed by atoms with van der Waals surface area (Å²) in [6.45, 7) is 11.7. The lowest BCUT2D eigenvalue weighted by Crippen LogP contribution is -2.15. The van der Waals surface area contributed by atoms with E-state index in [1.807, 2.05) is 11.3 Å². The Morgan fingerprint density at radius 3 is 2.12 bits per heavy atom. The van der Waals surface area contributed by atoms with Crippen molar-refractivity contribution in [2.45, 2.75) is 65.3 Å². The van der Waals surface area contributed by atoms with Gasteiger partial charge in [0.2, 0.25) is 0 Å². The van der Waals surface area contributed by atoms with Gasteiger partial charge in [-0.1, -0.05) is 34.6 Å². The standard InChI is InChI=1S/C13H24N2S/c1-6-9(7-2)12-15-11(13(3,4)5)10(8-14)16-12/h9H,6-8,14H2,1-5H3. The van der Waals surface area contributed by atoms with E-state index in [9.17, 15) is 0 Å². The van der Waals surface area contributed by atoms with Crippen LogP contribution in [-0.4, -0.2) is 4.98 Å². The Labute approximate surface area is 103 Å². The van der Waals surface area contributed by atoms with Gasteiger partial charge in [0.05, 0.1) is 10.7 Å². The van der Waals surface area contributed by atoms with E-state index in [4.69, 9.17) is 10.7 Å². The maximum atomic E-state index is 5.81. The average molecular weight is 240 g/mol. The van der Waals surface area contributed by atoms with E-state index in [2.05, 4.69) is 34.6 Å². The Kier molecular flexibility index (Phi) is 4.51. The summed E-state index contributed by atoms with van der Waals surface area (Å²) in [5, 5.41) is 1.27. The summed E-state index contributed by atoms with van der Waals surface area (Å²) in [6, 6.07) is 0. The molecule has 2 N–H and O–H groups in total. The first-order valence-electron chi connectivity index (χ1n) is 6.14. The van der Waals surface area contributed by atoms with Crippen molar-refractivity contribution in [2.24, 2.45) is 5.73 Å². The predicted octanol–water partition coefficient (Wildman–Crippen LogP) is 3.80. The van der Waals surface area contributed by atoms with Crippen LogP contribution in [0.1, 0.15) is 69.0 Å². The van der Waals surface area contributed by atoms with E-state index in [0.29, 0.717) is 12.5 Å². The molecule has 2 nitrogen and oxygen atoms in total. The molecule has 0 bridgehead atoms. The van der Waals surface area contributed by atoms with Crippen molar-refractivity contribution in [1.82, 2.24) is 4.98 Å². The van der Waals surface area contributed by atoms with Crippen LogP contribution < -0.4 is 5.73 Å². The van der Waals surface area contributed by atoms with E-state index in [1.54, 1.807) is 0 Å². The molecule has 0 fully saturated rings. The van der Waals surface area contributed by atoms with Gasteiger partial charge in [-0.25, -0.2) is 4.98 Å². The fourth-order valence-electron chi connectivity index (χ4n) is 1.91. The molecule has 0 amide bonds. The highest BCUT2D eigenvalue weighted by molar-refractivity contribution is 7.11. The van der Waals surface area contributed by atoms with Crippen molar-refractivity contribution in [1.29, 1.82) is 0 Å². The number of hydrogen-bond acceptors (Lipinski definition) is 3. The highest BCUT2D eigenvalue weighted by Gasteiger charge is 2.24. The van der Waals surface area contributed by atoms with E-state index in [1.165, 1.54) is 15.6 Å².